The Kier molecular flexibility index (Phi) is 4.97. The van der Waals surface area contributed by atoms with Crippen LogP contribution < -0.4 is 10.2 Å². The minimum atomic E-state index is -0.121. The van der Waals surface area contributed by atoms with Crippen molar-refractivity contribution in [3.05, 3.63) is 59.2 Å². The van der Waals surface area contributed by atoms with E-state index in [0.29, 0.717) is 5.56 Å². The van der Waals surface area contributed by atoms with E-state index in [1.54, 1.807) is 0 Å². The number of carbonyl (C=O) groups excluding carboxylic acids is 2. The average molecular weight is 362 g/mol. The third kappa shape index (κ3) is 3.61. The van der Waals surface area contributed by atoms with Crippen LogP contribution in [0.1, 0.15) is 54.1 Å². The molecule has 1 saturated carbocycles. The predicted molar refractivity (Wildman–Crippen MR) is 108 cm³/mol. The smallest absolute Gasteiger partial charge is 0.255 e. The topological polar surface area (TPSA) is 49.4 Å². The summed E-state index contributed by atoms with van der Waals surface area (Å²) in [6, 6.07) is 13.6. The van der Waals surface area contributed by atoms with Crippen molar-refractivity contribution in [1.82, 2.24) is 0 Å². The Bertz CT molecular complexity index is 851. The van der Waals surface area contributed by atoms with Crippen molar-refractivity contribution in [1.29, 1.82) is 0 Å². The number of anilines is 2. The second-order valence-electron chi connectivity index (χ2n) is 7.57. The van der Waals surface area contributed by atoms with Crippen LogP contribution in [0.5, 0.6) is 0 Å². The lowest BCUT2D eigenvalue weighted by molar-refractivity contribution is -0.122. The molecule has 0 aromatic heterocycles. The molecule has 0 atom stereocenters. The van der Waals surface area contributed by atoms with E-state index in [2.05, 4.69) is 12.2 Å². The van der Waals surface area contributed by atoms with Crippen LogP contribution in [0.2, 0.25) is 0 Å². The SMILES string of the molecule is CCc1ccc(C(=O)Nc2ccc3c(c2)N(C(=O)C2CCCC2)CC3)cc1. The quantitative estimate of drug-likeness (QED) is 0.865. The van der Waals surface area contributed by atoms with Crippen LogP contribution in [0.3, 0.4) is 0 Å². The van der Waals surface area contributed by atoms with Gasteiger partial charge in [0.05, 0.1) is 0 Å². The van der Waals surface area contributed by atoms with Gasteiger partial charge in [-0.3, -0.25) is 9.59 Å². The van der Waals surface area contributed by atoms with Crippen LogP contribution in [0, 0.1) is 5.92 Å². The van der Waals surface area contributed by atoms with Crippen LogP contribution in [0.25, 0.3) is 0 Å². The maximum Gasteiger partial charge on any atom is 0.255 e. The van der Waals surface area contributed by atoms with Gasteiger partial charge in [0.2, 0.25) is 5.91 Å². The zero-order valence-electron chi connectivity index (χ0n) is 15.8. The van der Waals surface area contributed by atoms with Gasteiger partial charge in [0, 0.05) is 29.4 Å². The molecule has 1 fully saturated rings. The van der Waals surface area contributed by atoms with E-state index >= 15 is 0 Å². The fraction of sp³-hybridized carbons (Fsp3) is 0.391. The number of hydrogen-bond acceptors (Lipinski definition) is 2. The molecular formula is C23H26N2O2. The summed E-state index contributed by atoms with van der Waals surface area (Å²) in [6.45, 7) is 2.85. The molecule has 0 unspecified atom stereocenters. The maximum absolute atomic E-state index is 12.9. The summed E-state index contributed by atoms with van der Waals surface area (Å²) in [5.74, 6) is 0.306. The number of rotatable bonds is 4. The molecular weight excluding hydrogens is 336 g/mol. The average Bonchev–Trinajstić information content (AvgIpc) is 3.37. The lowest BCUT2D eigenvalue weighted by atomic mass is 10.1. The molecule has 140 valence electrons. The van der Waals surface area contributed by atoms with Crippen molar-refractivity contribution in [3.8, 4) is 0 Å². The number of nitrogens with one attached hydrogen (secondary N) is 1. The van der Waals surface area contributed by atoms with E-state index in [1.807, 2.05) is 47.4 Å². The summed E-state index contributed by atoms with van der Waals surface area (Å²) in [7, 11) is 0. The Morgan fingerprint density at radius 2 is 1.81 bits per heavy atom. The van der Waals surface area contributed by atoms with Gasteiger partial charge in [-0.15, -0.1) is 0 Å². The molecule has 1 N–H and O–H groups in total. The van der Waals surface area contributed by atoms with E-state index in [1.165, 1.54) is 11.1 Å². The molecule has 0 bridgehead atoms. The first kappa shape index (κ1) is 17.8. The maximum atomic E-state index is 12.9. The van der Waals surface area contributed by atoms with Crippen LogP contribution in [-0.4, -0.2) is 18.4 Å². The van der Waals surface area contributed by atoms with Crippen LogP contribution >= 0.6 is 0 Å². The van der Waals surface area contributed by atoms with Gasteiger partial charge in [-0.05, 0) is 61.1 Å². The van der Waals surface area contributed by atoms with Gasteiger partial charge in [0.1, 0.15) is 0 Å². The first-order valence-corrected chi connectivity index (χ1v) is 10.0. The van der Waals surface area contributed by atoms with Gasteiger partial charge < -0.3 is 10.2 Å². The fourth-order valence-electron chi connectivity index (χ4n) is 4.17. The molecule has 4 nitrogen and oxygen atoms in total. The summed E-state index contributed by atoms with van der Waals surface area (Å²) >= 11 is 0. The molecule has 0 radical (unpaired) electrons. The molecule has 2 amide bonds. The second-order valence-corrected chi connectivity index (χ2v) is 7.57. The highest BCUT2D eigenvalue weighted by atomic mass is 16.2. The van der Waals surface area contributed by atoms with E-state index in [4.69, 9.17) is 0 Å². The first-order chi connectivity index (χ1) is 13.2. The highest BCUT2D eigenvalue weighted by Crippen LogP contribution is 2.35. The Morgan fingerprint density at radius 1 is 1.07 bits per heavy atom. The molecule has 0 spiro atoms. The zero-order valence-corrected chi connectivity index (χ0v) is 15.8. The zero-order chi connectivity index (χ0) is 18.8. The van der Waals surface area contributed by atoms with E-state index < -0.39 is 0 Å². The van der Waals surface area contributed by atoms with E-state index in [9.17, 15) is 9.59 Å². The molecule has 1 aliphatic heterocycles. The number of fused-ring (bicyclic) bond motifs is 1. The van der Waals surface area contributed by atoms with Crippen molar-refractivity contribution in [2.75, 3.05) is 16.8 Å². The summed E-state index contributed by atoms with van der Waals surface area (Å²) in [5, 5.41) is 2.98. The number of carbonyl (C=O) groups is 2. The Morgan fingerprint density at radius 3 is 2.52 bits per heavy atom. The van der Waals surface area contributed by atoms with Crippen molar-refractivity contribution in [3.63, 3.8) is 0 Å². The molecule has 2 aromatic rings. The predicted octanol–water partition coefficient (Wildman–Crippen LogP) is 4.58. The monoisotopic (exact) mass is 362 g/mol. The van der Waals surface area contributed by atoms with Crippen LogP contribution in [0.4, 0.5) is 11.4 Å². The third-order valence-corrected chi connectivity index (χ3v) is 5.83. The molecule has 2 aliphatic rings. The van der Waals surface area contributed by atoms with Gasteiger partial charge in [-0.25, -0.2) is 0 Å². The number of benzene rings is 2. The lowest BCUT2D eigenvalue weighted by Crippen LogP contribution is -2.33. The Hall–Kier alpha value is -2.62. The van der Waals surface area contributed by atoms with Gasteiger partial charge in [-0.2, -0.15) is 0 Å². The van der Waals surface area contributed by atoms with Crippen LogP contribution in [-0.2, 0) is 17.6 Å². The molecule has 4 rings (SSSR count). The number of nitrogens with zero attached hydrogens (tertiary/aromatic N) is 1. The summed E-state index contributed by atoms with van der Waals surface area (Å²) < 4.78 is 0. The van der Waals surface area contributed by atoms with E-state index in [0.717, 1.165) is 56.4 Å². The van der Waals surface area contributed by atoms with E-state index in [-0.39, 0.29) is 17.7 Å². The van der Waals surface area contributed by atoms with Gasteiger partial charge in [0.15, 0.2) is 0 Å². The molecule has 1 heterocycles. The summed E-state index contributed by atoms with van der Waals surface area (Å²) in [5.41, 5.74) is 4.75. The second kappa shape index (κ2) is 7.55. The highest BCUT2D eigenvalue weighted by Gasteiger charge is 2.31. The first-order valence-electron chi connectivity index (χ1n) is 10.0. The number of amides is 2. The third-order valence-electron chi connectivity index (χ3n) is 5.83. The van der Waals surface area contributed by atoms with Crippen molar-refractivity contribution < 1.29 is 9.59 Å². The summed E-state index contributed by atoms with van der Waals surface area (Å²) in [4.78, 5) is 27.3. The molecule has 0 saturated heterocycles. The summed E-state index contributed by atoms with van der Waals surface area (Å²) in [6.07, 6.45) is 6.18. The lowest BCUT2D eigenvalue weighted by Gasteiger charge is -2.21. The van der Waals surface area contributed by atoms with Gasteiger partial charge >= 0.3 is 0 Å². The normalized spacial score (nSPS) is 16.4. The standard InChI is InChI=1S/C23H26N2O2/c1-2-16-7-9-18(10-8-16)22(26)24-20-12-11-17-13-14-25(21(17)15-20)23(27)19-5-3-4-6-19/h7-12,15,19H,2-6,13-14H2,1H3,(H,24,26). The van der Waals surface area contributed by atoms with Gasteiger partial charge in [-0.1, -0.05) is 38.0 Å². The van der Waals surface area contributed by atoms with Crippen molar-refractivity contribution in [2.45, 2.75) is 45.4 Å². The van der Waals surface area contributed by atoms with Crippen molar-refractivity contribution in [2.24, 2.45) is 5.92 Å². The van der Waals surface area contributed by atoms with Crippen LogP contribution in [0.15, 0.2) is 42.5 Å². The molecule has 27 heavy (non-hydrogen) atoms. The fourth-order valence-corrected chi connectivity index (χ4v) is 4.17. The molecule has 1 aliphatic carbocycles. The van der Waals surface area contributed by atoms with Gasteiger partial charge in [0.25, 0.3) is 5.91 Å². The molecule has 2 aromatic carbocycles. The number of aryl methyl sites for hydroxylation is 1. The highest BCUT2D eigenvalue weighted by molar-refractivity contribution is 6.05. The minimum absolute atomic E-state index is 0.121. The number of hydrogen-bond donors (Lipinski definition) is 1. The van der Waals surface area contributed by atoms with Crippen molar-refractivity contribution >= 4 is 23.2 Å². The Labute approximate surface area is 160 Å². The Balaban J connectivity index is 1.51. The molecule has 4 heteroatoms. The minimum Gasteiger partial charge on any atom is -0.322 e. The largest absolute Gasteiger partial charge is 0.322 e.